The lowest BCUT2D eigenvalue weighted by molar-refractivity contribution is 0.699. The Morgan fingerprint density at radius 2 is 2.43 bits per heavy atom. The molecule has 0 aromatic heterocycles. The van der Waals surface area contributed by atoms with Gasteiger partial charge in [0.25, 0.3) is 0 Å². The largest absolute Gasteiger partial charge is 0.213 e. The summed E-state index contributed by atoms with van der Waals surface area (Å²) in [5, 5.41) is 1.71. The van der Waals surface area contributed by atoms with Crippen LogP contribution < -0.4 is 0 Å². The van der Waals surface area contributed by atoms with Crippen molar-refractivity contribution >= 4 is 16.6 Å². The van der Waals surface area contributed by atoms with Gasteiger partial charge in [0.2, 0.25) is 0 Å². The van der Waals surface area contributed by atoms with Crippen LogP contribution in [-0.2, 0) is 11.3 Å². The van der Waals surface area contributed by atoms with Gasteiger partial charge >= 0.3 is 0 Å². The highest BCUT2D eigenvalue weighted by Crippen LogP contribution is 1.92. The van der Waals surface area contributed by atoms with Crippen LogP contribution in [0.1, 0.15) is 20.3 Å². The molecular formula is C5H10OS. The third-order valence-corrected chi connectivity index (χ3v) is 1.51. The van der Waals surface area contributed by atoms with Crippen molar-refractivity contribution in [2.24, 2.45) is 5.92 Å². The summed E-state index contributed by atoms with van der Waals surface area (Å²) in [6.45, 7) is 4.10. The molecule has 1 atom stereocenters. The molecule has 0 saturated heterocycles. The highest BCUT2D eigenvalue weighted by Gasteiger charge is 1.87. The standard InChI is InChI=1S/C5H10OS/c1-3-5(2)4-7-6/h4-5H,3H2,1-2H3. The molecule has 1 unspecified atom stereocenters. The SMILES string of the molecule is CCC(C)C=S=O. The van der Waals surface area contributed by atoms with Crippen molar-refractivity contribution in [2.75, 3.05) is 0 Å². The van der Waals surface area contributed by atoms with Gasteiger partial charge in [0, 0.05) is 5.37 Å². The van der Waals surface area contributed by atoms with Gasteiger partial charge in [-0.05, 0) is 12.3 Å². The minimum Gasteiger partial charge on any atom is -0.213 e. The highest BCUT2D eigenvalue weighted by molar-refractivity contribution is 7.64. The van der Waals surface area contributed by atoms with E-state index >= 15 is 0 Å². The van der Waals surface area contributed by atoms with Gasteiger partial charge in [-0.15, -0.1) is 0 Å². The average molecular weight is 118 g/mol. The number of hydrogen-bond acceptors (Lipinski definition) is 1. The molecule has 42 valence electrons. The molecule has 0 bridgehead atoms. The molecule has 7 heavy (non-hydrogen) atoms. The van der Waals surface area contributed by atoms with Crippen molar-refractivity contribution < 1.29 is 4.21 Å². The molecule has 0 N–H and O–H groups in total. The van der Waals surface area contributed by atoms with E-state index in [0.29, 0.717) is 17.2 Å². The van der Waals surface area contributed by atoms with E-state index in [4.69, 9.17) is 0 Å². The molecule has 0 aliphatic rings. The maximum atomic E-state index is 9.76. The molecule has 0 aromatic carbocycles. The van der Waals surface area contributed by atoms with E-state index in [1.54, 1.807) is 5.37 Å². The molecule has 2 heteroatoms. The first-order valence-corrected chi connectivity index (χ1v) is 3.23. The normalized spacial score (nSPS) is 12.9. The fraction of sp³-hybridized carbons (Fsp3) is 0.800. The number of rotatable bonds is 2. The molecular weight excluding hydrogens is 108 g/mol. The second-order valence-electron chi connectivity index (χ2n) is 1.62. The Balaban J connectivity index is 3.35. The van der Waals surface area contributed by atoms with Gasteiger partial charge < -0.3 is 0 Å². The molecule has 0 heterocycles. The lowest BCUT2D eigenvalue weighted by atomic mass is 10.2. The van der Waals surface area contributed by atoms with E-state index in [1.165, 1.54) is 0 Å². The van der Waals surface area contributed by atoms with Crippen molar-refractivity contribution in [3.8, 4) is 0 Å². The average Bonchev–Trinajstić information content (AvgIpc) is 1.68. The third kappa shape index (κ3) is 3.73. The summed E-state index contributed by atoms with van der Waals surface area (Å²) >= 11 is 0.559. The Bertz CT molecular complexity index is 84.1. The van der Waals surface area contributed by atoms with Gasteiger partial charge in [0.15, 0.2) is 0 Å². The van der Waals surface area contributed by atoms with Gasteiger partial charge in [-0.25, -0.2) is 4.21 Å². The van der Waals surface area contributed by atoms with Crippen LogP contribution in [0.25, 0.3) is 0 Å². The minimum atomic E-state index is 0.475. The monoisotopic (exact) mass is 118 g/mol. The van der Waals surface area contributed by atoms with Crippen molar-refractivity contribution in [2.45, 2.75) is 20.3 Å². The fourth-order valence-electron chi connectivity index (χ4n) is 0.191. The summed E-state index contributed by atoms with van der Waals surface area (Å²) in [4.78, 5) is 0. The first-order valence-electron chi connectivity index (χ1n) is 2.43. The molecule has 0 spiro atoms. The van der Waals surface area contributed by atoms with E-state index in [1.807, 2.05) is 6.92 Å². The van der Waals surface area contributed by atoms with Crippen molar-refractivity contribution in [3.63, 3.8) is 0 Å². The second kappa shape index (κ2) is 4.06. The van der Waals surface area contributed by atoms with Crippen LogP contribution in [-0.4, -0.2) is 9.58 Å². The van der Waals surface area contributed by atoms with E-state index in [9.17, 15) is 4.21 Å². The van der Waals surface area contributed by atoms with Gasteiger partial charge in [0.05, 0.1) is 11.3 Å². The Labute approximate surface area is 47.8 Å². The van der Waals surface area contributed by atoms with Crippen molar-refractivity contribution in [1.82, 2.24) is 0 Å². The first-order chi connectivity index (χ1) is 3.31. The lowest BCUT2D eigenvalue weighted by Crippen LogP contribution is -1.90. The second-order valence-corrected chi connectivity index (χ2v) is 2.08. The fourth-order valence-corrected chi connectivity index (χ4v) is 0.573. The van der Waals surface area contributed by atoms with Crippen LogP contribution >= 0.6 is 0 Å². The molecule has 0 fully saturated rings. The summed E-state index contributed by atoms with van der Waals surface area (Å²) < 4.78 is 9.76. The topological polar surface area (TPSA) is 17.1 Å². The molecule has 0 aliphatic heterocycles. The first kappa shape index (κ1) is 6.89. The summed E-state index contributed by atoms with van der Waals surface area (Å²) in [6, 6.07) is 0. The van der Waals surface area contributed by atoms with Crippen LogP contribution in [0, 0.1) is 5.92 Å². The van der Waals surface area contributed by atoms with Crippen molar-refractivity contribution in [1.29, 1.82) is 0 Å². The summed E-state index contributed by atoms with van der Waals surface area (Å²) in [5.41, 5.74) is 0. The van der Waals surface area contributed by atoms with Crippen LogP contribution in [0.5, 0.6) is 0 Å². The maximum absolute atomic E-state index is 9.76. The lowest BCUT2D eigenvalue weighted by Gasteiger charge is -1.92. The highest BCUT2D eigenvalue weighted by atomic mass is 32.1. The van der Waals surface area contributed by atoms with E-state index in [2.05, 4.69) is 6.92 Å². The van der Waals surface area contributed by atoms with Gasteiger partial charge in [-0.2, -0.15) is 0 Å². The smallest absolute Gasteiger partial charge is 0.0843 e. The Hall–Kier alpha value is -0.110. The van der Waals surface area contributed by atoms with Crippen LogP contribution in [0.15, 0.2) is 0 Å². The predicted molar refractivity (Wildman–Crippen MR) is 33.7 cm³/mol. The van der Waals surface area contributed by atoms with E-state index in [-0.39, 0.29) is 0 Å². The molecule has 0 radical (unpaired) electrons. The third-order valence-electron chi connectivity index (χ3n) is 0.932. The van der Waals surface area contributed by atoms with Gasteiger partial charge in [-0.1, -0.05) is 13.8 Å². The van der Waals surface area contributed by atoms with Gasteiger partial charge in [-0.3, -0.25) is 0 Å². The molecule has 0 rings (SSSR count). The van der Waals surface area contributed by atoms with Gasteiger partial charge in [0.1, 0.15) is 0 Å². The summed E-state index contributed by atoms with van der Waals surface area (Å²) in [6.07, 6.45) is 1.06. The van der Waals surface area contributed by atoms with Crippen LogP contribution in [0.3, 0.4) is 0 Å². The van der Waals surface area contributed by atoms with E-state index < -0.39 is 0 Å². The Kier molecular flexibility index (Phi) is 4.00. The Morgan fingerprint density at radius 1 is 1.86 bits per heavy atom. The molecule has 0 amide bonds. The summed E-state index contributed by atoms with van der Waals surface area (Å²) in [7, 11) is 0. The number of hydrogen-bond donors (Lipinski definition) is 0. The minimum absolute atomic E-state index is 0.475. The quantitative estimate of drug-likeness (QED) is 0.495. The van der Waals surface area contributed by atoms with Crippen LogP contribution in [0.4, 0.5) is 0 Å². The zero-order chi connectivity index (χ0) is 5.70. The van der Waals surface area contributed by atoms with Crippen molar-refractivity contribution in [3.05, 3.63) is 0 Å². The Morgan fingerprint density at radius 3 is 2.57 bits per heavy atom. The maximum Gasteiger partial charge on any atom is 0.0843 e. The van der Waals surface area contributed by atoms with E-state index in [0.717, 1.165) is 6.42 Å². The zero-order valence-corrected chi connectivity index (χ0v) is 5.49. The van der Waals surface area contributed by atoms with Crippen LogP contribution in [0.2, 0.25) is 0 Å². The molecule has 1 nitrogen and oxygen atoms in total. The molecule has 0 saturated carbocycles. The zero-order valence-electron chi connectivity index (χ0n) is 4.68. The predicted octanol–water partition coefficient (Wildman–Crippen LogP) is 1.05. The summed E-state index contributed by atoms with van der Waals surface area (Å²) in [5.74, 6) is 0.475. The molecule has 0 aliphatic carbocycles. The molecule has 0 aromatic rings.